The van der Waals surface area contributed by atoms with Crippen molar-refractivity contribution in [1.29, 1.82) is 0 Å². The Morgan fingerprint density at radius 2 is 1.96 bits per heavy atom. The maximum absolute atomic E-state index is 12.1. The number of hydrogen-bond donors (Lipinski definition) is 2. The van der Waals surface area contributed by atoms with Crippen LogP contribution in [0.3, 0.4) is 0 Å². The van der Waals surface area contributed by atoms with Gasteiger partial charge < -0.3 is 15.2 Å². The van der Waals surface area contributed by atoms with E-state index in [1.165, 1.54) is 5.56 Å². The number of hydrogen-bond acceptors (Lipinski definition) is 4. The predicted octanol–water partition coefficient (Wildman–Crippen LogP) is 1.55. The van der Waals surface area contributed by atoms with E-state index in [0.29, 0.717) is 32.7 Å². The first-order chi connectivity index (χ1) is 11.5. The third kappa shape index (κ3) is 6.23. The van der Waals surface area contributed by atoms with E-state index in [1.54, 1.807) is 0 Å². The van der Waals surface area contributed by atoms with Crippen LogP contribution in [-0.2, 0) is 14.9 Å². The van der Waals surface area contributed by atoms with Gasteiger partial charge in [0.05, 0.1) is 19.3 Å². The van der Waals surface area contributed by atoms with Crippen LogP contribution in [0.4, 0.5) is 0 Å². The zero-order valence-corrected chi connectivity index (χ0v) is 14.8. The Balaban J connectivity index is 1.67. The molecule has 1 aromatic carbocycles. The van der Waals surface area contributed by atoms with Gasteiger partial charge in [-0.1, -0.05) is 44.2 Å². The number of benzene rings is 1. The molecule has 1 saturated heterocycles. The minimum atomic E-state index is -0.533. The summed E-state index contributed by atoms with van der Waals surface area (Å²) in [6.07, 6.45) is 0.711. The molecule has 1 heterocycles. The molecular weight excluding hydrogens is 304 g/mol. The first kappa shape index (κ1) is 18.9. The van der Waals surface area contributed by atoms with Crippen LogP contribution in [0.5, 0.6) is 0 Å². The summed E-state index contributed by atoms with van der Waals surface area (Å²) in [7, 11) is 0. The molecule has 0 spiro atoms. The highest BCUT2D eigenvalue weighted by Crippen LogP contribution is 2.27. The first-order valence-electron chi connectivity index (χ1n) is 8.78. The van der Waals surface area contributed by atoms with E-state index < -0.39 is 6.10 Å². The number of nitrogens with zero attached hydrogens (tertiary/aromatic N) is 1. The van der Waals surface area contributed by atoms with Crippen molar-refractivity contribution in [2.75, 3.05) is 39.4 Å². The van der Waals surface area contributed by atoms with Gasteiger partial charge >= 0.3 is 0 Å². The van der Waals surface area contributed by atoms with Gasteiger partial charge in [0.15, 0.2) is 0 Å². The van der Waals surface area contributed by atoms with E-state index >= 15 is 0 Å². The number of β-amino-alcohol motifs (C(OH)–C–C–N with tert-alkyl or cyclic N) is 1. The molecule has 1 aliphatic rings. The smallest absolute Gasteiger partial charge is 0.220 e. The molecule has 1 unspecified atom stereocenters. The average molecular weight is 334 g/mol. The number of aliphatic hydroxyl groups excluding tert-OH is 1. The van der Waals surface area contributed by atoms with Crippen molar-refractivity contribution in [3.63, 3.8) is 0 Å². The molecule has 0 bridgehead atoms. The van der Waals surface area contributed by atoms with Crippen molar-refractivity contribution >= 4 is 5.91 Å². The minimum absolute atomic E-state index is 0.0000311. The van der Waals surface area contributed by atoms with Gasteiger partial charge in [-0.3, -0.25) is 9.69 Å². The standard InChI is InChI=1S/C19H30N2O3/c1-19(2,16-6-4-3-5-7-16)9-8-18(23)20-14-17(22)15-21-10-12-24-13-11-21/h3-7,17,22H,8-15H2,1-2H3,(H,20,23). The lowest BCUT2D eigenvalue weighted by molar-refractivity contribution is -0.122. The fourth-order valence-electron chi connectivity index (χ4n) is 2.93. The molecule has 0 aliphatic carbocycles. The van der Waals surface area contributed by atoms with Crippen LogP contribution in [0.15, 0.2) is 30.3 Å². The van der Waals surface area contributed by atoms with Gasteiger partial charge in [0.25, 0.3) is 0 Å². The van der Waals surface area contributed by atoms with E-state index in [0.717, 1.165) is 19.5 Å². The number of carbonyl (C=O) groups is 1. The maximum Gasteiger partial charge on any atom is 0.220 e. The van der Waals surface area contributed by atoms with Gasteiger partial charge in [-0.2, -0.15) is 0 Å². The number of carbonyl (C=O) groups excluding carboxylic acids is 1. The Morgan fingerprint density at radius 1 is 1.29 bits per heavy atom. The van der Waals surface area contributed by atoms with Crippen molar-refractivity contribution in [2.24, 2.45) is 0 Å². The normalized spacial score (nSPS) is 17.5. The highest BCUT2D eigenvalue weighted by Gasteiger charge is 2.22. The van der Waals surface area contributed by atoms with Crippen LogP contribution in [0.1, 0.15) is 32.3 Å². The van der Waals surface area contributed by atoms with Crippen LogP contribution < -0.4 is 5.32 Å². The van der Waals surface area contributed by atoms with Crippen LogP contribution in [-0.4, -0.2) is 61.4 Å². The number of nitrogens with one attached hydrogen (secondary N) is 1. The van der Waals surface area contributed by atoms with Crippen LogP contribution in [0.2, 0.25) is 0 Å². The number of morpholine rings is 1. The van der Waals surface area contributed by atoms with E-state index in [1.807, 2.05) is 18.2 Å². The Morgan fingerprint density at radius 3 is 2.62 bits per heavy atom. The number of rotatable bonds is 8. The summed E-state index contributed by atoms with van der Waals surface area (Å²) in [6.45, 7) is 8.32. The summed E-state index contributed by atoms with van der Waals surface area (Å²) in [6, 6.07) is 10.3. The summed E-state index contributed by atoms with van der Waals surface area (Å²) in [5.74, 6) is 0.0000311. The van der Waals surface area contributed by atoms with Crippen LogP contribution in [0, 0.1) is 0 Å². The Hall–Kier alpha value is -1.43. The van der Waals surface area contributed by atoms with Gasteiger partial charge in [0.2, 0.25) is 5.91 Å². The zero-order valence-electron chi connectivity index (χ0n) is 14.8. The third-order valence-electron chi connectivity index (χ3n) is 4.64. The Kier molecular flexibility index (Phi) is 7.21. The second kappa shape index (κ2) is 9.16. The number of ether oxygens (including phenoxy) is 1. The maximum atomic E-state index is 12.1. The van der Waals surface area contributed by atoms with Crippen molar-refractivity contribution < 1.29 is 14.6 Å². The van der Waals surface area contributed by atoms with Crippen LogP contribution in [0.25, 0.3) is 0 Å². The van der Waals surface area contributed by atoms with Gasteiger partial charge in [-0.25, -0.2) is 0 Å². The molecule has 1 aromatic rings. The van der Waals surface area contributed by atoms with E-state index in [2.05, 4.69) is 36.2 Å². The van der Waals surface area contributed by atoms with Gasteiger partial charge in [-0.05, 0) is 17.4 Å². The van der Waals surface area contributed by atoms with Crippen molar-refractivity contribution in [3.8, 4) is 0 Å². The Labute approximate surface area is 145 Å². The number of amides is 1. The van der Waals surface area contributed by atoms with E-state index in [-0.39, 0.29) is 11.3 Å². The zero-order chi connectivity index (χ0) is 17.4. The highest BCUT2D eigenvalue weighted by atomic mass is 16.5. The predicted molar refractivity (Wildman–Crippen MR) is 95.0 cm³/mol. The van der Waals surface area contributed by atoms with Gasteiger partial charge in [0.1, 0.15) is 0 Å². The molecule has 0 radical (unpaired) electrons. The fourth-order valence-corrected chi connectivity index (χ4v) is 2.93. The van der Waals surface area contributed by atoms with Gasteiger partial charge in [-0.15, -0.1) is 0 Å². The highest BCUT2D eigenvalue weighted by molar-refractivity contribution is 5.76. The molecule has 5 nitrogen and oxygen atoms in total. The monoisotopic (exact) mass is 334 g/mol. The summed E-state index contributed by atoms with van der Waals surface area (Å²) in [5, 5.41) is 12.9. The number of aliphatic hydroxyl groups is 1. The quantitative estimate of drug-likeness (QED) is 0.757. The lowest BCUT2D eigenvalue weighted by Crippen LogP contribution is -2.44. The topological polar surface area (TPSA) is 61.8 Å². The SMILES string of the molecule is CC(C)(CCC(=O)NCC(O)CN1CCOCC1)c1ccccc1. The summed E-state index contributed by atoms with van der Waals surface area (Å²) in [4.78, 5) is 14.2. The van der Waals surface area contributed by atoms with Crippen molar-refractivity contribution in [2.45, 2.75) is 38.2 Å². The van der Waals surface area contributed by atoms with E-state index in [9.17, 15) is 9.90 Å². The summed E-state index contributed by atoms with van der Waals surface area (Å²) >= 11 is 0. The second-order valence-electron chi connectivity index (χ2n) is 7.12. The van der Waals surface area contributed by atoms with Crippen molar-refractivity contribution in [1.82, 2.24) is 10.2 Å². The molecule has 0 saturated carbocycles. The molecule has 5 heteroatoms. The first-order valence-corrected chi connectivity index (χ1v) is 8.78. The molecule has 1 atom stereocenters. The molecule has 1 amide bonds. The van der Waals surface area contributed by atoms with Crippen LogP contribution >= 0.6 is 0 Å². The lowest BCUT2D eigenvalue weighted by Gasteiger charge is -2.28. The minimum Gasteiger partial charge on any atom is -0.390 e. The average Bonchev–Trinajstić information content (AvgIpc) is 2.60. The summed E-state index contributed by atoms with van der Waals surface area (Å²) < 4.78 is 5.29. The fraction of sp³-hybridized carbons (Fsp3) is 0.632. The Bertz CT molecular complexity index is 499. The van der Waals surface area contributed by atoms with E-state index in [4.69, 9.17) is 4.74 Å². The molecule has 134 valence electrons. The molecular formula is C19H30N2O3. The second-order valence-corrected chi connectivity index (χ2v) is 7.12. The largest absolute Gasteiger partial charge is 0.390 e. The molecule has 24 heavy (non-hydrogen) atoms. The molecule has 1 fully saturated rings. The molecule has 0 aromatic heterocycles. The molecule has 2 rings (SSSR count). The lowest BCUT2D eigenvalue weighted by atomic mass is 9.80. The third-order valence-corrected chi connectivity index (χ3v) is 4.64. The van der Waals surface area contributed by atoms with Gasteiger partial charge in [0, 0.05) is 32.6 Å². The molecule has 2 N–H and O–H groups in total. The summed E-state index contributed by atoms with van der Waals surface area (Å²) in [5.41, 5.74) is 1.20. The molecule has 1 aliphatic heterocycles. The van der Waals surface area contributed by atoms with Crippen molar-refractivity contribution in [3.05, 3.63) is 35.9 Å².